The smallest absolute Gasteiger partial charge is 0.184 e. The van der Waals surface area contributed by atoms with Gasteiger partial charge in [0.25, 0.3) is 0 Å². The first-order valence-corrected chi connectivity index (χ1v) is 4.68. The molecule has 1 aromatic carbocycles. The molecule has 1 fully saturated rings. The molecule has 1 heterocycles. The van der Waals surface area contributed by atoms with E-state index in [1.807, 2.05) is 30.3 Å². The Bertz CT molecular complexity index is 258. The molecule has 0 unspecified atom stereocenters. The quantitative estimate of drug-likeness (QED) is 0.657. The molecular formula is C11H14O2. The van der Waals surface area contributed by atoms with Gasteiger partial charge in [0.2, 0.25) is 0 Å². The molecular weight excluding hydrogens is 164 g/mol. The summed E-state index contributed by atoms with van der Waals surface area (Å²) in [5.41, 5.74) is 1.11. The third kappa shape index (κ3) is 2.08. The Morgan fingerprint density at radius 2 is 2.00 bits per heavy atom. The zero-order chi connectivity index (χ0) is 9.10. The molecule has 0 saturated carbocycles. The molecule has 0 N–H and O–H groups in total. The molecule has 0 bridgehead atoms. The van der Waals surface area contributed by atoms with Gasteiger partial charge in [-0.15, -0.1) is 0 Å². The van der Waals surface area contributed by atoms with Gasteiger partial charge >= 0.3 is 0 Å². The lowest BCUT2D eigenvalue weighted by Gasteiger charge is -2.28. The summed E-state index contributed by atoms with van der Waals surface area (Å²) in [6.45, 7) is 2.87. The largest absolute Gasteiger partial charge is 0.348 e. The second-order valence-electron chi connectivity index (χ2n) is 3.35. The molecule has 2 rings (SSSR count). The van der Waals surface area contributed by atoms with E-state index in [1.165, 1.54) is 0 Å². The fourth-order valence-electron chi connectivity index (χ4n) is 1.44. The van der Waals surface area contributed by atoms with Gasteiger partial charge in [0.1, 0.15) is 0 Å². The SMILES string of the molecule is C[C@H]1CCO[C@H](c2ccccc2)O1. The van der Waals surface area contributed by atoms with Crippen molar-refractivity contribution in [3.05, 3.63) is 35.9 Å². The van der Waals surface area contributed by atoms with E-state index in [9.17, 15) is 0 Å². The normalized spacial score (nSPS) is 28.7. The molecule has 0 amide bonds. The minimum atomic E-state index is -0.162. The monoisotopic (exact) mass is 178 g/mol. The number of ether oxygens (including phenoxy) is 2. The summed E-state index contributed by atoms with van der Waals surface area (Å²) < 4.78 is 11.2. The number of rotatable bonds is 1. The highest BCUT2D eigenvalue weighted by molar-refractivity contribution is 5.16. The van der Waals surface area contributed by atoms with E-state index in [-0.39, 0.29) is 6.29 Å². The van der Waals surface area contributed by atoms with Crippen LogP contribution in [0.4, 0.5) is 0 Å². The van der Waals surface area contributed by atoms with Crippen molar-refractivity contribution in [3.8, 4) is 0 Å². The molecule has 2 atom stereocenters. The van der Waals surface area contributed by atoms with E-state index in [0.29, 0.717) is 6.10 Å². The Balaban J connectivity index is 2.08. The number of hydrogen-bond donors (Lipinski definition) is 0. The fraction of sp³-hybridized carbons (Fsp3) is 0.455. The van der Waals surface area contributed by atoms with Gasteiger partial charge in [-0.3, -0.25) is 0 Å². The molecule has 13 heavy (non-hydrogen) atoms. The van der Waals surface area contributed by atoms with Gasteiger partial charge in [-0.1, -0.05) is 30.3 Å². The van der Waals surface area contributed by atoms with Crippen molar-refractivity contribution in [1.82, 2.24) is 0 Å². The van der Waals surface area contributed by atoms with E-state index >= 15 is 0 Å². The molecule has 1 aliphatic heterocycles. The zero-order valence-electron chi connectivity index (χ0n) is 7.77. The molecule has 1 aromatic rings. The summed E-state index contributed by atoms with van der Waals surface area (Å²) >= 11 is 0. The van der Waals surface area contributed by atoms with Gasteiger partial charge in [0, 0.05) is 5.56 Å². The van der Waals surface area contributed by atoms with Crippen LogP contribution in [0.2, 0.25) is 0 Å². The summed E-state index contributed by atoms with van der Waals surface area (Å²) in [5.74, 6) is 0. The Kier molecular flexibility index (Phi) is 2.62. The molecule has 2 heteroatoms. The predicted octanol–water partition coefficient (Wildman–Crippen LogP) is 2.51. The van der Waals surface area contributed by atoms with Crippen molar-refractivity contribution >= 4 is 0 Å². The standard InChI is InChI=1S/C11H14O2/c1-9-7-8-12-11(13-9)10-5-3-2-4-6-10/h2-6,9,11H,7-8H2,1H3/t9-,11-/m0/s1. The van der Waals surface area contributed by atoms with Gasteiger partial charge in [-0.05, 0) is 13.3 Å². The van der Waals surface area contributed by atoms with E-state index in [0.717, 1.165) is 18.6 Å². The van der Waals surface area contributed by atoms with E-state index in [1.54, 1.807) is 0 Å². The van der Waals surface area contributed by atoms with Crippen LogP contribution in [0, 0.1) is 0 Å². The van der Waals surface area contributed by atoms with Gasteiger partial charge in [0.15, 0.2) is 6.29 Å². The number of hydrogen-bond acceptors (Lipinski definition) is 2. The third-order valence-corrected chi connectivity index (χ3v) is 2.22. The van der Waals surface area contributed by atoms with Crippen molar-refractivity contribution in [2.24, 2.45) is 0 Å². The highest BCUT2D eigenvalue weighted by Crippen LogP contribution is 2.25. The molecule has 70 valence electrons. The van der Waals surface area contributed by atoms with Crippen LogP contribution < -0.4 is 0 Å². The van der Waals surface area contributed by atoms with Crippen LogP contribution in [-0.2, 0) is 9.47 Å². The lowest BCUT2D eigenvalue weighted by atomic mass is 10.2. The van der Waals surface area contributed by atoms with Crippen LogP contribution in [0.25, 0.3) is 0 Å². The van der Waals surface area contributed by atoms with Gasteiger partial charge in [0.05, 0.1) is 12.7 Å². The van der Waals surface area contributed by atoms with Crippen molar-refractivity contribution < 1.29 is 9.47 Å². The van der Waals surface area contributed by atoms with Gasteiger partial charge in [-0.25, -0.2) is 0 Å². The molecule has 1 aliphatic rings. The lowest BCUT2D eigenvalue weighted by Crippen LogP contribution is -2.24. The van der Waals surface area contributed by atoms with Crippen molar-refractivity contribution in [2.75, 3.05) is 6.61 Å². The topological polar surface area (TPSA) is 18.5 Å². The van der Waals surface area contributed by atoms with E-state index in [4.69, 9.17) is 9.47 Å². The highest BCUT2D eigenvalue weighted by atomic mass is 16.7. The highest BCUT2D eigenvalue weighted by Gasteiger charge is 2.20. The van der Waals surface area contributed by atoms with Gasteiger partial charge < -0.3 is 9.47 Å². The Hall–Kier alpha value is -0.860. The number of benzene rings is 1. The summed E-state index contributed by atoms with van der Waals surface area (Å²) in [6.07, 6.45) is 1.13. The minimum Gasteiger partial charge on any atom is -0.348 e. The van der Waals surface area contributed by atoms with Gasteiger partial charge in [-0.2, -0.15) is 0 Å². The minimum absolute atomic E-state index is 0.162. The average Bonchev–Trinajstić information content (AvgIpc) is 2.19. The van der Waals surface area contributed by atoms with E-state index in [2.05, 4.69) is 6.92 Å². The molecule has 0 aliphatic carbocycles. The van der Waals surface area contributed by atoms with Crippen LogP contribution in [-0.4, -0.2) is 12.7 Å². The molecule has 0 radical (unpaired) electrons. The van der Waals surface area contributed by atoms with E-state index < -0.39 is 0 Å². The molecule has 1 saturated heterocycles. The van der Waals surface area contributed by atoms with Crippen molar-refractivity contribution in [1.29, 1.82) is 0 Å². The van der Waals surface area contributed by atoms with Crippen molar-refractivity contribution in [2.45, 2.75) is 25.7 Å². The Labute approximate surface area is 78.5 Å². The van der Waals surface area contributed by atoms with Crippen LogP contribution in [0.5, 0.6) is 0 Å². The summed E-state index contributed by atoms with van der Waals surface area (Å²) in [5, 5.41) is 0. The average molecular weight is 178 g/mol. The fourth-order valence-corrected chi connectivity index (χ4v) is 1.44. The van der Waals surface area contributed by atoms with Crippen LogP contribution in [0.1, 0.15) is 25.2 Å². The first-order chi connectivity index (χ1) is 6.36. The van der Waals surface area contributed by atoms with Crippen LogP contribution >= 0.6 is 0 Å². The predicted molar refractivity (Wildman–Crippen MR) is 50.3 cm³/mol. The first kappa shape index (κ1) is 8.73. The molecule has 2 nitrogen and oxygen atoms in total. The zero-order valence-corrected chi connectivity index (χ0v) is 7.77. The maximum Gasteiger partial charge on any atom is 0.184 e. The molecule has 0 aromatic heterocycles. The summed E-state index contributed by atoms with van der Waals surface area (Å²) in [4.78, 5) is 0. The van der Waals surface area contributed by atoms with Crippen LogP contribution in [0.15, 0.2) is 30.3 Å². The summed E-state index contributed by atoms with van der Waals surface area (Å²) in [7, 11) is 0. The maximum absolute atomic E-state index is 5.65. The van der Waals surface area contributed by atoms with Crippen LogP contribution in [0.3, 0.4) is 0 Å². The third-order valence-electron chi connectivity index (χ3n) is 2.22. The first-order valence-electron chi connectivity index (χ1n) is 4.68. The Morgan fingerprint density at radius 3 is 2.69 bits per heavy atom. The second kappa shape index (κ2) is 3.90. The Morgan fingerprint density at radius 1 is 1.23 bits per heavy atom. The van der Waals surface area contributed by atoms with Crippen molar-refractivity contribution in [3.63, 3.8) is 0 Å². The maximum atomic E-state index is 5.65. The lowest BCUT2D eigenvalue weighted by molar-refractivity contribution is -0.212. The summed E-state index contributed by atoms with van der Waals surface area (Å²) in [6, 6.07) is 10.1. The molecule has 0 spiro atoms. The second-order valence-corrected chi connectivity index (χ2v) is 3.35.